The predicted octanol–water partition coefficient (Wildman–Crippen LogP) is 0.304. The van der Waals surface area contributed by atoms with Crippen LogP contribution in [0.3, 0.4) is 0 Å². The van der Waals surface area contributed by atoms with Crippen molar-refractivity contribution in [3.8, 4) is 0 Å². The monoisotopic (exact) mass is 345 g/mol. The maximum absolute atomic E-state index is 12.7. The van der Waals surface area contributed by atoms with E-state index in [2.05, 4.69) is 15.4 Å². The quantitative estimate of drug-likeness (QED) is 0.681. The number of β-amino-alcohol motifs (C(OH)–C–C–N with tert-alkyl or cyclic N) is 1. The van der Waals surface area contributed by atoms with Gasteiger partial charge in [0.25, 0.3) is 5.91 Å². The number of benzene rings is 1. The number of carbonyl (C=O) groups is 3. The van der Waals surface area contributed by atoms with Gasteiger partial charge < -0.3 is 25.4 Å². The molecule has 0 aliphatic carbocycles. The molecule has 2 aliphatic heterocycles. The molecule has 0 radical (unpaired) electrons. The molecule has 0 saturated carbocycles. The van der Waals surface area contributed by atoms with Crippen molar-refractivity contribution in [3.05, 3.63) is 46.7 Å². The molecule has 3 rings (SSSR count). The first-order chi connectivity index (χ1) is 11.9. The number of amides is 3. The Balaban J connectivity index is 1.90. The molecule has 2 heterocycles. The highest BCUT2D eigenvalue weighted by Crippen LogP contribution is 2.32. The summed E-state index contributed by atoms with van der Waals surface area (Å²) >= 11 is 0. The fraction of sp³-hybridized carbons (Fsp3) is 0.353. The normalized spacial score (nSPS) is 20.8. The fourth-order valence-corrected chi connectivity index (χ4v) is 3.07. The Hall–Kier alpha value is -2.87. The van der Waals surface area contributed by atoms with Crippen LogP contribution < -0.4 is 10.6 Å². The molecule has 0 fully saturated rings. The molecule has 3 amide bonds. The molecule has 1 aromatic rings. The number of methoxy groups -OCH3 is 1. The Morgan fingerprint density at radius 1 is 1.36 bits per heavy atom. The Morgan fingerprint density at radius 2 is 2.04 bits per heavy atom. The average molecular weight is 345 g/mol. The van der Waals surface area contributed by atoms with Crippen LogP contribution in [0.4, 0.5) is 4.79 Å². The van der Waals surface area contributed by atoms with Crippen molar-refractivity contribution in [2.75, 3.05) is 20.2 Å². The molecule has 8 heteroatoms. The predicted molar refractivity (Wildman–Crippen MR) is 87.5 cm³/mol. The molecule has 3 N–H and O–H groups in total. The van der Waals surface area contributed by atoms with Crippen molar-refractivity contribution < 1.29 is 24.2 Å². The lowest BCUT2D eigenvalue weighted by molar-refractivity contribution is -0.126. The molecular weight excluding hydrogens is 326 g/mol. The van der Waals surface area contributed by atoms with E-state index in [0.29, 0.717) is 22.4 Å². The van der Waals surface area contributed by atoms with E-state index >= 15 is 0 Å². The molecular formula is C17H19N3O5. The molecule has 0 saturated heterocycles. The van der Waals surface area contributed by atoms with Crippen LogP contribution in [0.25, 0.3) is 0 Å². The van der Waals surface area contributed by atoms with Gasteiger partial charge in [-0.25, -0.2) is 9.59 Å². The average Bonchev–Trinajstić information content (AvgIpc) is 2.88. The number of carbonyl (C=O) groups excluding carboxylic acids is 3. The topological polar surface area (TPSA) is 108 Å². The zero-order chi connectivity index (χ0) is 18.1. The van der Waals surface area contributed by atoms with E-state index < -0.39 is 24.1 Å². The minimum atomic E-state index is -0.660. The van der Waals surface area contributed by atoms with E-state index in [9.17, 15) is 19.5 Å². The molecule has 8 nitrogen and oxygen atoms in total. The number of nitrogens with one attached hydrogen (secondary N) is 2. The molecule has 132 valence electrons. The molecule has 1 aromatic carbocycles. The summed E-state index contributed by atoms with van der Waals surface area (Å²) in [6.07, 6.45) is -0.660. The molecule has 0 bridgehead atoms. The second-order valence-electron chi connectivity index (χ2n) is 6.07. The van der Waals surface area contributed by atoms with Gasteiger partial charge in [0.2, 0.25) is 0 Å². The Labute approximate surface area is 144 Å². The van der Waals surface area contributed by atoms with Crippen LogP contribution in [-0.4, -0.2) is 54.2 Å². The second-order valence-corrected chi connectivity index (χ2v) is 6.07. The highest BCUT2D eigenvalue weighted by atomic mass is 16.5. The maximum Gasteiger partial charge on any atom is 0.337 e. The summed E-state index contributed by atoms with van der Waals surface area (Å²) in [5.41, 5.74) is 2.05. The van der Waals surface area contributed by atoms with Crippen molar-refractivity contribution in [1.29, 1.82) is 0 Å². The minimum absolute atomic E-state index is 0.190. The number of hydrogen-bond acceptors (Lipinski definition) is 5. The van der Waals surface area contributed by atoms with Crippen molar-refractivity contribution in [3.63, 3.8) is 0 Å². The van der Waals surface area contributed by atoms with Gasteiger partial charge in [0.15, 0.2) is 0 Å². The SMILES string of the molecule is COC(=O)c1ccc([C@H]2NC(=O)NC3=C2C(=O)N(C[C@H](C)O)C3)cc1. The lowest BCUT2D eigenvalue weighted by atomic mass is 9.95. The maximum atomic E-state index is 12.7. The minimum Gasteiger partial charge on any atom is -0.465 e. The van der Waals surface area contributed by atoms with Crippen LogP contribution in [0, 0.1) is 0 Å². The van der Waals surface area contributed by atoms with Crippen LogP contribution in [-0.2, 0) is 9.53 Å². The van der Waals surface area contributed by atoms with Crippen molar-refractivity contribution in [2.45, 2.75) is 19.1 Å². The number of nitrogens with zero attached hydrogens (tertiary/aromatic N) is 1. The zero-order valence-corrected chi connectivity index (χ0v) is 13.9. The van der Waals surface area contributed by atoms with Crippen LogP contribution in [0.2, 0.25) is 0 Å². The number of ether oxygens (including phenoxy) is 1. The van der Waals surface area contributed by atoms with Crippen molar-refractivity contribution >= 4 is 17.9 Å². The van der Waals surface area contributed by atoms with Gasteiger partial charge in [-0.2, -0.15) is 0 Å². The number of aliphatic hydroxyl groups is 1. The third-order valence-electron chi connectivity index (χ3n) is 4.17. The molecule has 0 unspecified atom stereocenters. The zero-order valence-electron chi connectivity index (χ0n) is 13.9. The summed E-state index contributed by atoms with van der Waals surface area (Å²) in [5, 5.41) is 14.9. The van der Waals surface area contributed by atoms with Gasteiger partial charge in [0.05, 0.1) is 42.6 Å². The standard InChI is InChI=1S/C17H19N3O5/c1-9(21)7-20-8-12-13(15(20)22)14(19-17(24)18-12)10-3-5-11(6-4-10)16(23)25-2/h3-6,9,14,21H,7-8H2,1-2H3,(H2,18,19,24)/t9-,14+/m0/s1. The molecule has 2 atom stereocenters. The number of aliphatic hydroxyl groups excluding tert-OH is 1. The first-order valence-corrected chi connectivity index (χ1v) is 7.87. The largest absolute Gasteiger partial charge is 0.465 e. The van der Waals surface area contributed by atoms with E-state index in [0.717, 1.165) is 0 Å². The van der Waals surface area contributed by atoms with Crippen molar-refractivity contribution in [1.82, 2.24) is 15.5 Å². The van der Waals surface area contributed by atoms with Gasteiger partial charge in [0, 0.05) is 6.54 Å². The molecule has 2 aliphatic rings. The third kappa shape index (κ3) is 3.20. The van der Waals surface area contributed by atoms with Crippen LogP contribution in [0.5, 0.6) is 0 Å². The van der Waals surface area contributed by atoms with Gasteiger partial charge in [-0.05, 0) is 24.6 Å². The fourth-order valence-electron chi connectivity index (χ4n) is 3.07. The van der Waals surface area contributed by atoms with Gasteiger partial charge in [-0.15, -0.1) is 0 Å². The van der Waals surface area contributed by atoms with E-state index in [1.54, 1.807) is 31.2 Å². The summed E-state index contributed by atoms with van der Waals surface area (Å²) in [6.45, 7) is 2.05. The molecule has 0 spiro atoms. The lowest BCUT2D eigenvalue weighted by Crippen LogP contribution is -2.44. The highest BCUT2D eigenvalue weighted by Gasteiger charge is 2.40. The van der Waals surface area contributed by atoms with Gasteiger partial charge in [0.1, 0.15) is 0 Å². The smallest absolute Gasteiger partial charge is 0.337 e. The first kappa shape index (κ1) is 17.0. The van der Waals surface area contributed by atoms with E-state index in [1.165, 1.54) is 12.0 Å². The van der Waals surface area contributed by atoms with E-state index in [4.69, 9.17) is 0 Å². The van der Waals surface area contributed by atoms with Gasteiger partial charge in [-0.3, -0.25) is 4.79 Å². The highest BCUT2D eigenvalue weighted by molar-refractivity contribution is 6.01. The van der Waals surface area contributed by atoms with Crippen LogP contribution in [0.15, 0.2) is 35.5 Å². The number of urea groups is 1. The summed E-state index contributed by atoms with van der Waals surface area (Å²) in [4.78, 5) is 37.7. The van der Waals surface area contributed by atoms with E-state index in [1.807, 2.05) is 0 Å². The second kappa shape index (κ2) is 6.56. The van der Waals surface area contributed by atoms with Crippen LogP contribution in [0.1, 0.15) is 28.9 Å². The summed E-state index contributed by atoms with van der Waals surface area (Å²) in [6, 6.07) is 5.52. The lowest BCUT2D eigenvalue weighted by Gasteiger charge is -2.25. The first-order valence-electron chi connectivity index (χ1n) is 7.87. The van der Waals surface area contributed by atoms with Crippen molar-refractivity contribution in [2.24, 2.45) is 0 Å². The van der Waals surface area contributed by atoms with Crippen LogP contribution >= 0.6 is 0 Å². The molecule has 25 heavy (non-hydrogen) atoms. The van der Waals surface area contributed by atoms with Gasteiger partial charge >= 0.3 is 12.0 Å². The third-order valence-corrected chi connectivity index (χ3v) is 4.17. The molecule has 0 aromatic heterocycles. The van der Waals surface area contributed by atoms with E-state index in [-0.39, 0.29) is 19.0 Å². The van der Waals surface area contributed by atoms with Gasteiger partial charge in [-0.1, -0.05) is 12.1 Å². The Bertz CT molecular complexity index is 754. The summed E-state index contributed by atoms with van der Waals surface area (Å²) in [7, 11) is 1.30. The summed E-state index contributed by atoms with van der Waals surface area (Å²) < 4.78 is 4.66. The number of esters is 1. The summed E-state index contributed by atoms with van der Waals surface area (Å²) in [5.74, 6) is -0.689. The number of rotatable bonds is 4. The Morgan fingerprint density at radius 3 is 2.64 bits per heavy atom. The number of hydrogen-bond donors (Lipinski definition) is 3. The Kier molecular flexibility index (Phi) is 4.45.